The van der Waals surface area contributed by atoms with Crippen molar-refractivity contribution in [3.05, 3.63) is 183 Å². The highest BCUT2D eigenvalue weighted by Gasteiger charge is 2.64. The zero-order valence-corrected chi connectivity index (χ0v) is 68.7. The average molecular weight is 1560 g/mol. The lowest BCUT2D eigenvalue weighted by atomic mass is 9.72. The minimum Gasteiger partial charge on any atom is -0.481 e. The first-order chi connectivity index (χ1) is 51.5. The Morgan fingerprint density at radius 1 is 0.486 bits per heavy atom. The minimum atomic E-state index is -0.939. The molecule has 0 radical (unpaired) electrons. The van der Waals surface area contributed by atoms with Gasteiger partial charge in [0.1, 0.15) is 46.2 Å². The van der Waals surface area contributed by atoms with E-state index in [2.05, 4.69) is 84.9 Å². The van der Waals surface area contributed by atoms with Gasteiger partial charge in [0.15, 0.2) is 0 Å². The highest BCUT2D eigenvalue weighted by atomic mass is 35.5. The fourth-order valence-electron chi connectivity index (χ4n) is 18.0. The summed E-state index contributed by atoms with van der Waals surface area (Å²) in [5, 5.41) is 20.0. The summed E-state index contributed by atoms with van der Waals surface area (Å²) in [6.07, 6.45) is 12.3. The largest absolute Gasteiger partial charge is 0.481 e. The summed E-state index contributed by atoms with van der Waals surface area (Å²) in [7, 11) is 0. The topological polar surface area (TPSA) is 218 Å². The van der Waals surface area contributed by atoms with Crippen LogP contribution in [0.3, 0.4) is 0 Å². The number of rotatable bonds is 3. The first-order valence-corrected chi connectivity index (χ1v) is 39.4. The van der Waals surface area contributed by atoms with E-state index in [1.165, 1.54) is 63.6 Å². The Bertz CT molecular complexity index is 4150. The SMILES string of the molecule is CC(=O)O[C@@H]1Cc2ccccc2C12CCN(C(=O)OC(C)(C)C)CC2.CC(C)(C)N1C[C@@H](C(=O)O)[C@H](c2ccc(F)cc2F)C1.CC(C)(C)OC(=O)N1CCC2(C=Cc3ccccc32)CC1.CC(C)(C)OC(=O)N1CCC2(CC1)c1ccccc1C[C@H]2O.CC(C)(C)OC(=O)N1CCC2(CC1)c1ccccc1[C@H]1O[C@H]12.Cl. The molecule has 10 aliphatic rings. The Morgan fingerprint density at radius 2 is 0.901 bits per heavy atom. The van der Waals surface area contributed by atoms with E-state index in [9.17, 15) is 47.8 Å². The van der Waals surface area contributed by atoms with Crippen molar-refractivity contribution in [2.24, 2.45) is 5.92 Å². The number of carboxylic acids is 1. The van der Waals surface area contributed by atoms with Crippen LogP contribution < -0.4 is 0 Å². The number of hydrogen-bond acceptors (Lipinski definition) is 14. The number of nitrogens with zero attached hydrogens (tertiary/aromatic N) is 5. The van der Waals surface area contributed by atoms with Gasteiger partial charge in [0.2, 0.25) is 0 Å². The normalized spacial score (nSPS) is 23.2. The highest BCUT2D eigenvalue weighted by Crippen LogP contribution is 2.62. The molecule has 6 atom stereocenters. The summed E-state index contributed by atoms with van der Waals surface area (Å²) >= 11 is 0. The molecule has 22 heteroatoms. The number of aliphatic hydroxyl groups is 1. The molecule has 0 aromatic heterocycles. The van der Waals surface area contributed by atoms with Gasteiger partial charge in [-0.05, 0) is 218 Å². The van der Waals surface area contributed by atoms with Gasteiger partial charge in [0, 0.05) is 118 Å². The molecule has 6 saturated heterocycles. The number of esters is 1. The summed E-state index contributed by atoms with van der Waals surface area (Å²) < 4.78 is 60.4. The molecular formula is C89H118ClF2N5O14. The van der Waals surface area contributed by atoms with E-state index in [1.807, 2.05) is 143 Å². The number of ether oxygens (including phenoxy) is 6. The lowest BCUT2D eigenvalue weighted by Gasteiger charge is -2.43. The number of amides is 4. The summed E-state index contributed by atoms with van der Waals surface area (Å²) in [6.45, 7) is 36.5. The van der Waals surface area contributed by atoms with Crippen LogP contribution in [-0.4, -0.2) is 183 Å². The molecule has 604 valence electrons. The van der Waals surface area contributed by atoms with Gasteiger partial charge < -0.3 is 58.2 Å². The van der Waals surface area contributed by atoms with E-state index in [1.54, 1.807) is 9.80 Å². The van der Waals surface area contributed by atoms with E-state index < -0.39 is 51.8 Å². The Morgan fingerprint density at radius 3 is 1.36 bits per heavy atom. The second-order valence-corrected chi connectivity index (χ2v) is 36.6. The molecule has 0 saturated carbocycles. The first-order valence-electron chi connectivity index (χ1n) is 39.4. The molecule has 6 heterocycles. The van der Waals surface area contributed by atoms with Crippen molar-refractivity contribution in [2.45, 2.75) is 255 Å². The molecule has 2 N–H and O–H groups in total. The first kappa shape index (κ1) is 85.3. The van der Waals surface area contributed by atoms with Crippen LogP contribution in [-0.2, 0) is 72.5 Å². The average Bonchev–Trinajstić information content (AvgIpc) is 1.53. The van der Waals surface area contributed by atoms with Crippen LogP contribution in [0, 0.1) is 17.6 Å². The molecule has 0 bridgehead atoms. The third kappa shape index (κ3) is 19.4. The van der Waals surface area contributed by atoms with Crippen LogP contribution in [0.2, 0.25) is 0 Å². The molecular weight excluding hydrogens is 1440 g/mol. The number of halogens is 3. The number of fused-ring (bicyclic) bond motifs is 11. The molecule has 4 amide bonds. The van der Waals surface area contributed by atoms with Crippen LogP contribution in [0.4, 0.5) is 28.0 Å². The number of allylic oxidation sites excluding steroid dienone is 1. The predicted octanol–water partition coefficient (Wildman–Crippen LogP) is 17.0. The van der Waals surface area contributed by atoms with Gasteiger partial charge in [-0.3, -0.25) is 14.5 Å². The van der Waals surface area contributed by atoms with Crippen LogP contribution in [0.15, 0.2) is 121 Å². The summed E-state index contributed by atoms with van der Waals surface area (Å²) in [5.74, 6) is -3.63. The van der Waals surface area contributed by atoms with Crippen molar-refractivity contribution >= 4 is 54.8 Å². The number of epoxide rings is 1. The van der Waals surface area contributed by atoms with Gasteiger partial charge >= 0.3 is 36.3 Å². The fourth-order valence-corrected chi connectivity index (χ4v) is 18.0. The highest BCUT2D eigenvalue weighted by molar-refractivity contribution is 5.85. The molecule has 111 heavy (non-hydrogen) atoms. The Kier molecular flexibility index (Phi) is 25.5. The molecule has 0 unspecified atom stereocenters. The summed E-state index contributed by atoms with van der Waals surface area (Å²) in [4.78, 5) is 81.2. The molecule has 19 nitrogen and oxygen atoms in total. The Balaban J connectivity index is 0.000000147. The quantitative estimate of drug-likeness (QED) is 0.0975. The smallest absolute Gasteiger partial charge is 0.410 e. The van der Waals surface area contributed by atoms with E-state index in [-0.39, 0.29) is 87.7 Å². The Hall–Kier alpha value is -8.11. The third-order valence-corrected chi connectivity index (χ3v) is 23.6. The maximum atomic E-state index is 13.9. The summed E-state index contributed by atoms with van der Waals surface area (Å²) in [5.41, 5.74) is 8.71. The number of carbonyl (C=O) groups excluding carboxylic acids is 5. The number of piperidine rings is 4. The molecule has 4 spiro atoms. The van der Waals surface area contributed by atoms with Crippen LogP contribution in [0.25, 0.3) is 6.08 Å². The van der Waals surface area contributed by atoms with Crippen molar-refractivity contribution in [1.29, 1.82) is 0 Å². The second-order valence-electron chi connectivity index (χ2n) is 36.6. The molecule has 6 aliphatic heterocycles. The van der Waals surface area contributed by atoms with Gasteiger partial charge in [-0.1, -0.05) is 115 Å². The zero-order valence-electron chi connectivity index (χ0n) is 67.9. The lowest BCUT2D eigenvalue weighted by Crippen LogP contribution is -2.51. The number of carboxylic acid groups (broad SMARTS) is 1. The lowest BCUT2D eigenvalue weighted by molar-refractivity contribution is -0.150. The maximum absolute atomic E-state index is 13.9. The van der Waals surface area contributed by atoms with Crippen LogP contribution in [0.5, 0.6) is 0 Å². The Labute approximate surface area is 661 Å². The van der Waals surface area contributed by atoms with Gasteiger partial charge in [0.05, 0.1) is 18.1 Å². The van der Waals surface area contributed by atoms with E-state index >= 15 is 0 Å². The van der Waals surface area contributed by atoms with Crippen LogP contribution in [0.1, 0.15) is 224 Å². The van der Waals surface area contributed by atoms with Gasteiger partial charge in [-0.25, -0.2) is 28.0 Å². The number of carbonyl (C=O) groups is 6. The van der Waals surface area contributed by atoms with Crippen molar-refractivity contribution in [3.8, 4) is 0 Å². The number of aliphatic hydroxyl groups excluding tert-OH is 1. The van der Waals surface area contributed by atoms with Gasteiger partial charge in [-0.15, -0.1) is 12.4 Å². The third-order valence-electron chi connectivity index (χ3n) is 23.6. The standard InChI is InChI=1S/C20H27NO4.C18H23NO3.C18H25NO3.C18H23NO2.C15H19F2NO2.ClH/c1-14(22)24-17-13-15-7-5-6-8-16(15)20(17)9-11-21(12-10-20)18(23)25-19(2,3)4;1-17(2,3)22-16(20)19-10-8-18(9-11-19)13-7-5-4-6-12(13)14-15(18)21-14;1-17(2,3)22-16(21)19-10-8-18(9-11-19)14-7-5-4-6-13(14)12-15(18)20;1-17(2,3)21-16(20)19-12-10-18(11-13-19)9-8-14-6-4-5-7-15(14)18;1-15(2,3)18-7-11(12(8-18)14(19)20)10-5-4-9(16)6-13(10)17;/h5-8,17H,9-13H2,1-4H3;4-7,14-15H,8-11H2,1-3H3;4-7,15,20H,8-12H2,1-3H3;4-9H,10-13H2,1-3H3;4-6,11-12H,7-8H2,1-3H3,(H,19,20);1H/t17-;14-,15-;15-;;11-,12+;/m111.0./s1. The number of aliphatic carboxylic acids is 1. The minimum absolute atomic E-state index is 0. The number of likely N-dealkylation sites (tertiary alicyclic amines) is 5. The molecule has 5 aromatic rings. The monoisotopic (exact) mass is 1550 g/mol. The van der Waals surface area contributed by atoms with Crippen molar-refractivity contribution < 1.29 is 76.2 Å². The van der Waals surface area contributed by atoms with E-state index in [0.717, 1.165) is 96.5 Å². The van der Waals surface area contributed by atoms with E-state index in [0.29, 0.717) is 51.5 Å². The van der Waals surface area contributed by atoms with Crippen molar-refractivity contribution in [1.82, 2.24) is 24.5 Å². The molecule has 15 rings (SSSR count). The zero-order chi connectivity index (χ0) is 79.9. The number of benzene rings is 5. The van der Waals surface area contributed by atoms with Crippen molar-refractivity contribution in [3.63, 3.8) is 0 Å². The van der Waals surface area contributed by atoms with E-state index in [4.69, 9.17) is 28.4 Å². The molecule has 6 fully saturated rings. The fraction of sp³-hybridized carbons (Fsp3) is 0.573. The summed E-state index contributed by atoms with van der Waals surface area (Å²) in [6, 6.07) is 37.2. The van der Waals surface area contributed by atoms with Gasteiger partial charge in [0.25, 0.3) is 0 Å². The maximum Gasteiger partial charge on any atom is 0.410 e. The second kappa shape index (κ2) is 33.1. The van der Waals surface area contributed by atoms with Crippen molar-refractivity contribution in [2.75, 3.05) is 65.4 Å². The predicted molar refractivity (Wildman–Crippen MR) is 425 cm³/mol. The molecule has 5 aromatic carbocycles. The molecule has 4 aliphatic carbocycles. The number of hydrogen-bond donors (Lipinski definition) is 2. The van der Waals surface area contributed by atoms with Crippen LogP contribution >= 0.6 is 12.4 Å². The van der Waals surface area contributed by atoms with Gasteiger partial charge in [-0.2, -0.15) is 0 Å².